The van der Waals surface area contributed by atoms with Crippen LogP contribution in [-0.2, 0) is 4.79 Å². The molecule has 194 valence electrons. The number of ether oxygens (including phenoxy) is 2. The van der Waals surface area contributed by atoms with Gasteiger partial charge in [0.05, 0.1) is 15.6 Å². The molecule has 0 spiro atoms. The summed E-state index contributed by atoms with van der Waals surface area (Å²) in [7, 11) is 0. The van der Waals surface area contributed by atoms with Gasteiger partial charge < -0.3 is 23.7 Å². The van der Waals surface area contributed by atoms with E-state index in [1.54, 1.807) is 24.4 Å². The van der Waals surface area contributed by atoms with E-state index in [1.807, 2.05) is 39.8 Å². The Labute approximate surface area is 223 Å². The van der Waals surface area contributed by atoms with Gasteiger partial charge in [-0.3, -0.25) is 14.9 Å². The average molecular weight is 534 g/mol. The number of hydrogen-bond acceptors (Lipinski definition) is 7. The number of anilines is 1. The van der Waals surface area contributed by atoms with Crippen molar-refractivity contribution in [3.8, 4) is 11.5 Å². The van der Waals surface area contributed by atoms with E-state index < -0.39 is 4.92 Å². The van der Waals surface area contributed by atoms with E-state index in [1.165, 1.54) is 12.1 Å². The highest BCUT2D eigenvalue weighted by atomic mass is 35.5. The molecular formula is C27H24ClN5O5. The maximum absolute atomic E-state index is 13.6. The van der Waals surface area contributed by atoms with Crippen LogP contribution in [0.3, 0.4) is 0 Å². The summed E-state index contributed by atoms with van der Waals surface area (Å²) in [5.41, 5.74) is 3.50. The highest BCUT2D eigenvalue weighted by Gasteiger charge is 2.28. The highest BCUT2D eigenvalue weighted by molar-refractivity contribution is 6.30. The average Bonchev–Trinajstić information content (AvgIpc) is 3.58. The fourth-order valence-electron chi connectivity index (χ4n) is 5.06. The predicted octanol–water partition coefficient (Wildman–Crippen LogP) is 4.50. The number of non-ortho nitro benzene ring substituents is 1. The van der Waals surface area contributed by atoms with E-state index in [0.717, 1.165) is 22.6 Å². The molecule has 10 nitrogen and oxygen atoms in total. The summed E-state index contributed by atoms with van der Waals surface area (Å²) in [6, 6.07) is 15.9. The van der Waals surface area contributed by atoms with Crippen LogP contribution < -0.4 is 14.4 Å². The van der Waals surface area contributed by atoms with E-state index in [-0.39, 0.29) is 30.7 Å². The number of halogens is 1. The lowest BCUT2D eigenvalue weighted by Gasteiger charge is -2.36. The Hall–Kier alpha value is -4.31. The summed E-state index contributed by atoms with van der Waals surface area (Å²) in [5, 5.41) is 11.5. The number of benzene rings is 2. The standard InChI is InChI=1S/C27H24ClN5O5/c28-19-2-8-26-29-15-23(32(26)16-19)22(18-1-7-24-25(13-18)38-17-37-24)14-27(34)31-11-9-30(10-12-31)20-3-5-21(6-4-20)33(35)36/h1-8,13,15-16,22H,9-12,14,17H2. The molecule has 2 aliphatic rings. The number of nitrogens with zero attached hydrogens (tertiary/aromatic N) is 5. The SMILES string of the molecule is O=C(CC(c1ccc2c(c1)OCO2)c1cnc2ccc(Cl)cn12)N1CCN(c2ccc([N+](=O)[O-])cc2)CC1. The smallest absolute Gasteiger partial charge is 0.269 e. The van der Waals surface area contributed by atoms with Crippen LogP contribution in [0.15, 0.2) is 67.0 Å². The number of amides is 1. The largest absolute Gasteiger partial charge is 0.454 e. The molecule has 4 heterocycles. The summed E-state index contributed by atoms with van der Waals surface area (Å²) in [6.07, 6.45) is 3.85. The Balaban J connectivity index is 1.22. The minimum Gasteiger partial charge on any atom is -0.454 e. The summed E-state index contributed by atoms with van der Waals surface area (Å²) >= 11 is 6.29. The fraction of sp³-hybridized carbons (Fsp3) is 0.259. The van der Waals surface area contributed by atoms with Gasteiger partial charge >= 0.3 is 0 Å². The Morgan fingerprint density at radius 3 is 2.55 bits per heavy atom. The van der Waals surface area contributed by atoms with E-state index in [4.69, 9.17) is 21.1 Å². The first kappa shape index (κ1) is 24.1. The number of hydrogen-bond donors (Lipinski definition) is 0. The minimum absolute atomic E-state index is 0.0352. The van der Waals surface area contributed by atoms with Gasteiger partial charge in [0.1, 0.15) is 5.65 Å². The number of carbonyl (C=O) groups excluding carboxylic acids is 1. The molecule has 11 heteroatoms. The number of nitro benzene ring substituents is 1. The van der Waals surface area contributed by atoms with Crippen molar-refractivity contribution >= 4 is 34.5 Å². The molecule has 1 atom stereocenters. The monoisotopic (exact) mass is 533 g/mol. The van der Waals surface area contributed by atoms with E-state index >= 15 is 0 Å². The third-order valence-corrected chi connectivity index (χ3v) is 7.31. The molecule has 0 N–H and O–H groups in total. The highest BCUT2D eigenvalue weighted by Crippen LogP contribution is 2.38. The topological polar surface area (TPSA) is 102 Å². The number of nitro groups is 1. The van der Waals surface area contributed by atoms with E-state index in [9.17, 15) is 14.9 Å². The number of imidazole rings is 1. The lowest BCUT2D eigenvalue weighted by Crippen LogP contribution is -2.49. The van der Waals surface area contributed by atoms with Gasteiger partial charge in [0, 0.05) is 68.7 Å². The molecule has 0 saturated carbocycles. The molecule has 6 rings (SSSR count). The predicted molar refractivity (Wildman–Crippen MR) is 141 cm³/mol. The van der Waals surface area contributed by atoms with Gasteiger partial charge in [0.2, 0.25) is 12.7 Å². The van der Waals surface area contributed by atoms with Crippen LogP contribution in [0.25, 0.3) is 5.65 Å². The van der Waals surface area contributed by atoms with Crippen molar-refractivity contribution in [1.29, 1.82) is 0 Å². The summed E-state index contributed by atoms with van der Waals surface area (Å²) < 4.78 is 13.0. The molecule has 2 aromatic heterocycles. The number of piperazine rings is 1. The van der Waals surface area contributed by atoms with Gasteiger partial charge in [-0.05, 0) is 42.0 Å². The van der Waals surface area contributed by atoms with Crippen LogP contribution in [0.1, 0.15) is 23.6 Å². The quantitative estimate of drug-likeness (QED) is 0.266. The van der Waals surface area contributed by atoms with Gasteiger partial charge in [0.25, 0.3) is 5.69 Å². The maximum atomic E-state index is 13.6. The molecule has 1 saturated heterocycles. The zero-order valence-electron chi connectivity index (χ0n) is 20.3. The molecule has 1 fully saturated rings. The van der Waals surface area contributed by atoms with Crippen molar-refractivity contribution in [2.75, 3.05) is 37.9 Å². The van der Waals surface area contributed by atoms with Gasteiger partial charge in [-0.15, -0.1) is 0 Å². The van der Waals surface area contributed by atoms with E-state index in [0.29, 0.717) is 42.7 Å². The summed E-state index contributed by atoms with van der Waals surface area (Å²) in [4.78, 5) is 32.7. The first-order valence-corrected chi connectivity index (χ1v) is 12.6. The fourth-order valence-corrected chi connectivity index (χ4v) is 5.22. The van der Waals surface area contributed by atoms with Crippen molar-refractivity contribution in [1.82, 2.24) is 14.3 Å². The lowest BCUT2D eigenvalue weighted by molar-refractivity contribution is -0.384. The van der Waals surface area contributed by atoms with Gasteiger partial charge in [-0.1, -0.05) is 17.7 Å². The van der Waals surface area contributed by atoms with Crippen molar-refractivity contribution < 1.29 is 19.2 Å². The van der Waals surface area contributed by atoms with Crippen LogP contribution in [-0.4, -0.2) is 58.1 Å². The maximum Gasteiger partial charge on any atom is 0.269 e. The normalized spacial score (nSPS) is 15.6. The Morgan fingerprint density at radius 1 is 1.03 bits per heavy atom. The zero-order valence-corrected chi connectivity index (χ0v) is 21.1. The number of rotatable bonds is 6. The number of pyridine rings is 1. The first-order chi connectivity index (χ1) is 18.5. The summed E-state index contributed by atoms with van der Waals surface area (Å²) in [5.74, 6) is 1.09. The molecule has 4 aromatic rings. The molecule has 1 amide bonds. The van der Waals surface area contributed by atoms with Crippen LogP contribution in [0, 0.1) is 10.1 Å². The van der Waals surface area contributed by atoms with E-state index in [2.05, 4.69) is 9.88 Å². The molecule has 0 aliphatic carbocycles. The Bertz CT molecular complexity index is 1510. The number of fused-ring (bicyclic) bond motifs is 2. The first-order valence-electron chi connectivity index (χ1n) is 12.3. The van der Waals surface area contributed by atoms with Crippen LogP contribution >= 0.6 is 11.6 Å². The van der Waals surface area contributed by atoms with Gasteiger partial charge in [-0.25, -0.2) is 4.98 Å². The van der Waals surface area contributed by atoms with Crippen molar-refractivity contribution in [2.24, 2.45) is 0 Å². The molecular weight excluding hydrogens is 510 g/mol. The zero-order chi connectivity index (χ0) is 26.2. The van der Waals surface area contributed by atoms with Crippen molar-refractivity contribution in [2.45, 2.75) is 12.3 Å². The van der Waals surface area contributed by atoms with Crippen LogP contribution in [0.2, 0.25) is 5.02 Å². The minimum atomic E-state index is -0.408. The third kappa shape index (κ3) is 4.58. The molecule has 2 aromatic carbocycles. The second-order valence-corrected chi connectivity index (χ2v) is 9.71. The molecule has 1 unspecified atom stereocenters. The van der Waals surface area contributed by atoms with Crippen molar-refractivity contribution in [3.05, 3.63) is 93.4 Å². The Morgan fingerprint density at radius 2 is 1.79 bits per heavy atom. The van der Waals surface area contributed by atoms with Crippen LogP contribution in [0.5, 0.6) is 11.5 Å². The Kier molecular flexibility index (Phi) is 6.24. The lowest BCUT2D eigenvalue weighted by atomic mass is 9.91. The molecule has 2 aliphatic heterocycles. The third-order valence-electron chi connectivity index (χ3n) is 7.09. The molecule has 0 bridgehead atoms. The van der Waals surface area contributed by atoms with Crippen molar-refractivity contribution in [3.63, 3.8) is 0 Å². The molecule has 38 heavy (non-hydrogen) atoms. The van der Waals surface area contributed by atoms with Gasteiger partial charge in [-0.2, -0.15) is 0 Å². The second-order valence-electron chi connectivity index (χ2n) is 9.27. The second kappa shape index (κ2) is 9.86. The van der Waals surface area contributed by atoms with Gasteiger partial charge in [0.15, 0.2) is 11.5 Å². The number of aromatic nitrogens is 2. The molecule has 0 radical (unpaired) electrons. The number of carbonyl (C=O) groups is 1. The van der Waals surface area contributed by atoms with Crippen LogP contribution in [0.4, 0.5) is 11.4 Å². The summed E-state index contributed by atoms with van der Waals surface area (Å²) in [6.45, 7) is 2.57.